The summed E-state index contributed by atoms with van der Waals surface area (Å²) in [5, 5.41) is 102. The van der Waals surface area contributed by atoms with E-state index in [1.807, 2.05) is 0 Å². The molecule has 7 atom stereocenters. The average molecular weight is 821 g/mol. The van der Waals surface area contributed by atoms with Crippen LogP contribution in [0.1, 0.15) is 81.5 Å². The molecular weight excluding hydrogens is 762 g/mol. The Morgan fingerprint density at radius 1 is 0.569 bits per heavy atom. The Morgan fingerprint density at radius 3 is 1.36 bits per heavy atom. The van der Waals surface area contributed by atoms with Gasteiger partial charge in [0.1, 0.15) is 35.3 Å². The van der Waals surface area contributed by atoms with Crippen LogP contribution in [0.15, 0.2) is 72.8 Å². The average Bonchev–Trinajstić information content (AvgIpc) is 3.18. The van der Waals surface area contributed by atoms with Crippen LogP contribution in [-0.4, -0.2) is 97.4 Å². The monoisotopic (exact) mass is 820 g/mol. The first-order valence-corrected chi connectivity index (χ1v) is 16.8. The Labute approximate surface area is 340 Å². The number of aliphatic hydroxyl groups excluding tert-OH is 1. The van der Waals surface area contributed by atoms with E-state index in [9.17, 15) is 54.9 Å². The Morgan fingerprint density at radius 2 is 0.966 bits per heavy atom. The van der Waals surface area contributed by atoms with Gasteiger partial charge >= 0.3 is 0 Å². The fourth-order valence-electron chi connectivity index (χ4n) is 4.19. The molecule has 18 nitrogen and oxygen atoms in total. The molecule has 0 saturated carbocycles. The standard InChI is InChI=1S/2C10H13NO4.C10H13NO3.C10H12O4.H2/c2*1-5(12)9(11)10(15)6-2-3-7(13)8(14)4-6;1-6(12)8(11)4-7-2-3-9(13)10(14)5-7;1-6(11)4-9(13)7-2-3-8(12)10(14)5-7;/h2*2-4,9-10,13-15H,11H2,1H3;2-3,5,8,13-14H,4,11H2,1H3;2-3,5,9,12-14H,4H2,1H3;1H/t2*9-,10-;8-;9-;/m1100./s1/i10D;9D;;4D,9D;1+1/t3m;4-,9-;. The van der Waals surface area contributed by atoms with E-state index in [-0.39, 0.29) is 46.9 Å². The van der Waals surface area contributed by atoms with Crippen molar-refractivity contribution in [1.29, 1.82) is 0 Å². The Kier molecular flexibility index (Phi) is 17.0. The lowest BCUT2D eigenvalue weighted by Gasteiger charge is -2.16. The second-order valence-corrected chi connectivity index (χ2v) is 12.4. The summed E-state index contributed by atoms with van der Waals surface area (Å²) in [6.45, 7) is 4.77. The molecule has 0 aliphatic carbocycles. The van der Waals surface area contributed by atoms with Crippen molar-refractivity contribution in [3.63, 3.8) is 0 Å². The quantitative estimate of drug-likeness (QED) is 0.0909. The number of hydrogen-bond acceptors (Lipinski definition) is 18. The lowest BCUT2D eigenvalue weighted by molar-refractivity contribution is -0.121. The molecule has 0 radical (unpaired) electrons. The molecular formula is C40H53N3O15. The first-order valence-electron chi connectivity index (χ1n) is 18.8. The summed E-state index contributed by atoms with van der Waals surface area (Å²) in [5.74, 6) is -4.97. The van der Waals surface area contributed by atoms with Crippen molar-refractivity contribution in [2.24, 2.45) is 17.2 Å². The van der Waals surface area contributed by atoms with E-state index in [1.54, 1.807) is 6.07 Å². The van der Waals surface area contributed by atoms with Gasteiger partial charge in [-0.05, 0) is 105 Å². The van der Waals surface area contributed by atoms with Gasteiger partial charge in [-0.1, -0.05) is 24.3 Å². The molecule has 4 rings (SSSR count). The highest BCUT2D eigenvalue weighted by atomic mass is 16.3. The lowest BCUT2D eigenvalue weighted by atomic mass is 10.00. The third kappa shape index (κ3) is 16.1. The van der Waals surface area contributed by atoms with Gasteiger partial charge in [-0.15, -0.1) is 0 Å². The summed E-state index contributed by atoms with van der Waals surface area (Å²) in [6, 6.07) is 10.2. The minimum absolute atomic E-state index is 0. The number of Topliss-reactive ketones (excluding diaryl/α,β-unsaturated/α-hetero) is 4. The molecule has 0 amide bonds. The molecule has 4 aromatic carbocycles. The summed E-state index contributed by atoms with van der Waals surface area (Å²) in [5.41, 5.74) is 16.9. The topological polar surface area (TPSA) is 369 Å². The fraction of sp³-hybridized carbons (Fsp3) is 0.300. The molecule has 4 aromatic rings. The number of carbonyl (C=O) groups is 4. The molecule has 0 aliphatic rings. The van der Waals surface area contributed by atoms with Gasteiger partial charge in [0.15, 0.2) is 46.0 Å². The van der Waals surface area contributed by atoms with Crippen LogP contribution >= 0.6 is 0 Å². The second kappa shape index (κ2) is 23.1. The van der Waals surface area contributed by atoms with E-state index in [0.717, 1.165) is 62.7 Å². The van der Waals surface area contributed by atoms with Crippen molar-refractivity contribution in [2.75, 3.05) is 0 Å². The third-order valence-corrected chi connectivity index (χ3v) is 7.65. The van der Waals surface area contributed by atoms with E-state index < -0.39 is 83.1 Å². The highest BCUT2D eigenvalue weighted by molar-refractivity contribution is 5.82. The van der Waals surface area contributed by atoms with Crippen molar-refractivity contribution in [3.8, 4) is 46.0 Å². The Bertz CT molecular complexity index is 2150. The van der Waals surface area contributed by atoms with Gasteiger partial charge in [0.25, 0.3) is 0 Å². The number of phenolic OH excluding ortho intramolecular Hbond substituents is 8. The predicted octanol–water partition coefficient (Wildman–Crippen LogP) is 2.01. The third-order valence-electron chi connectivity index (χ3n) is 7.65. The van der Waals surface area contributed by atoms with E-state index in [0.29, 0.717) is 6.42 Å². The van der Waals surface area contributed by atoms with Gasteiger partial charge in [0.2, 0.25) is 0 Å². The molecule has 0 fully saturated rings. The number of hydrogen-bond donors (Lipinski definition) is 14. The molecule has 17 N–H and O–H groups in total. The van der Waals surface area contributed by atoms with E-state index in [4.69, 9.17) is 43.1 Å². The molecule has 0 saturated heterocycles. The largest absolute Gasteiger partial charge is 0.504 e. The van der Waals surface area contributed by atoms with Gasteiger partial charge in [-0.25, -0.2) is 0 Å². The number of carbonyl (C=O) groups excluding carboxylic acids is 4. The zero-order chi connectivity index (χ0) is 48.2. The molecule has 0 bridgehead atoms. The lowest BCUT2D eigenvalue weighted by Crippen LogP contribution is -2.35. The van der Waals surface area contributed by atoms with Crippen molar-refractivity contribution < 1.29 is 82.3 Å². The van der Waals surface area contributed by atoms with Crippen LogP contribution in [0.2, 0.25) is 0 Å². The minimum Gasteiger partial charge on any atom is -0.504 e. The van der Waals surface area contributed by atoms with Crippen LogP contribution in [0.5, 0.6) is 46.0 Å². The highest BCUT2D eigenvalue weighted by Gasteiger charge is 2.23. The molecule has 318 valence electrons. The van der Waals surface area contributed by atoms with Crippen molar-refractivity contribution >= 4 is 23.1 Å². The van der Waals surface area contributed by atoms with E-state index in [1.165, 1.54) is 37.3 Å². The minimum atomic E-state index is -2.45. The predicted molar refractivity (Wildman–Crippen MR) is 211 cm³/mol. The zero-order valence-corrected chi connectivity index (χ0v) is 31.7. The number of ketones is 4. The van der Waals surface area contributed by atoms with Gasteiger partial charge < -0.3 is 73.4 Å². The number of aliphatic hydroxyl groups is 3. The molecule has 58 heavy (non-hydrogen) atoms. The number of rotatable bonds is 12. The summed E-state index contributed by atoms with van der Waals surface area (Å²) in [6.07, 6.45) is -7.66. The maximum absolute atomic E-state index is 11.0. The molecule has 0 aromatic heterocycles. The van der Waals surface area contributed by atoms with Crippen LogP contribution in [0, 0.1) is 0 Å². The molecule has 0 spiro atoms. The normalized spacial score (nSPS) is 16.7. The highest BCUT2D eigenvalue weighted by Crippen LogP contribution is 2.31. The van der Waals surface area contributed by atoms with Crippen LogP contribution in [0.3, 0.4) is 0 Å². The van der Waals surface area contributed by atoms with Crippen LogP contribution in [-0.2, 0) is 25.6 Å². The SMILES string of the molecule is CC(=O)[C@@H](N)Cc1ccc(O)c(O)c1.[2HH].[2H][C@@H](C(C)=O)[C@]([2H])(O)c1ccc(O)c(O)c1.[2H][C@@](N)(C(C)=O)[C@H](O)c1ccc(O)c(O)c1.[2H][C@@](O)(c1ccc(O)c(O)c1)[C@H](N)C(C)=O. The van der Waals surface area contributed by atoms with E-state index in [2.05, 4.69) is 0 Å². The molecule has 0 aliphatic heterocycles. The van der Waals surface area contributed by atoms with Gasteiger partial charge in [0, 0.05) is 9.19 Å². The number of nitrogens with two attached hydrogens (primary N) is 3. The number of aromatic hydroxyl groups is 8. The Hall–Kier alpha value is -6.28. The first-order chi connectivity index (χ1) is 28.3. The maximum atomic E-state index is 11.0. The molecule has 0 unspecified atom stereocenters. The smallest absolute Gasteiger partial charge is 0.157 e. The van der Waals surface area contributed by atoms with Crippen molar-refractivity contribution in [2.45, 2.75) is 76.9 Å². The summed E-state index contributed by atoms with van der Waals surface area (Å²) in [7, 11) is 0. The molecule has 0 heterocycles. The van der Waals surface area contributed by atoms with E-state index >= 15 is 0 Å². The molecule has 18 heteroatoms. The number of benzene rings is 4. The Balaban J connectivity index is 0.000000810. The van der Waals surface area contributed by atoms with Crippen LogP contribution in [0.25, 0.3) is 0 Å². The van der Waals surface area contributed by atoms with Crippen molar-refractivity contribution in [3.05, 3.63) is 95.1 Å². The fourth-order valence-corrected chi connectivity index (χ4v) is 4.19. The van der Waals surface area contributed by atoms with Gasteiger partial charge in [-0.2, -0.15) is 0 Å². The van der Waals surface area contributed by atoms with Crippen LogP contribution < -0.4 is 17.2 Å². The zero-order valence-electron chi connectivity index (χ0n) is 35.7. The van der Waals surface area contributed by atoms with Gasteiger partial charge in [0.05, 0.1) is 28.3 Å². The summed E-state index contributed by atoms with van der Waals surface area (Å²) >= 11 is 0. The summed E-state index contributed by atoms with van der Waals surface area (Å²) in [4.78, 5) is 43.8. The first kappa shape index (κ1) is 42.9. The summed E-state index contributed by atoms with van der Waals surface area (Å²) < 4.78 is 30.0. The maximum Gasteiger partial charge on any atom is 0.157 e. The second-order valence-electron chi connectivity index (χ2n) is 12.4. The van der Waals surface area contributed by atoms with Crippen molar-refractivity contribution in [1.82, 2.24) is 0 Å². The van der Waals surface area contributed by atoms with Crippen LogP contribution in [0.4, 0.5) is 0 Å². The number of phenols is 8. The van der Waals surface area contributed by atoms with Gasteiger partial charge in [-0.3, -0.25) is 19.2 Å².